The molecule has 0 fully saturated rings. The van der Waals surface area contributed by atoms with Crippen molar-refractivity contribution in [2.45, 2.75) is 25.7 Å². The summed E-state index contributed by atoms with van der Waals surface area (Å²) in [5.74, 6) is 0. The van der Waals surface area contributed by atoms with Crippen molar-refractivity contribution in [3.8, 4) is 22.3 Å². The Kier molecular flexibility index (Phi) is 3.80. The van der Waals surface area contributed by atoms with Crippen LogP contribution in [0.1, 0.15) is 22.3 Å². The van der Waals surface area contributed by atoms with Gasteiger partial charge in [-0.05, 0) is 116 Å². The highest BCUT2D eigenvalue weighted by molar-refractivity contribution is 6.22. The second kappa shape index (κ2) is 7.11. The van der Waals surface area contributed by atoms with Crippen LogP contribution in [0.5, 0.6) is 0 Å². The minimum absolute atomic E-state index is 0.969. The van der Waals surface area contributed by atoms with Crippen LogP contribution in [-0.2, 0) is 25.7 Å². The van der Waals surface area contributed by atoms with Gasteiger partial charge in [-0.1, -0.05) is 72.8 Å². The van der Waals surface area contributed by atoms with Crippen molar-refractivity contribution in [1.29, 1.82) is 0 Å². The third kappa shape index (κ3) is 2.69. The van der Waals surface area contributed by atoms with Gasteiger partial charge < -0.3 is 4.42 Å². The van der Waals surface area contributed by atoms with E-state index in [0.717, 1.165) is 11.2 Å². The molecule has 7 aromatic rings. The molecule has 0 aliphatic heterocycles. The molecule has 0 spiro atoms. The van der Waals surface area contributed by atoms with Gasteiger partial charge in [0.15, 0.2) is 0 Å². The lowest BCUT2D eigenvalue weighted by Crippen LogP contribution is -2.07. The fraction of sp³-hybridized carbons (Fsp3) is 0.111. The Morgan fingerprint density at radius 1 is 0.378 bits per heavy atom. The van der Waals surface area contributed by atoms with Crippen molar-refractivity contribution in [2.75, 3.05) is 0 Å². The Morgan fingerprint density at radius 3 is 1.49 bits per heavy atom. The van der Waals surface area contributed by atoms with Crippen molar-refractivity contribution >= 4 is 43.5 Å². The molecule has 37 heavy (non-hydrogen) atoms. The number of rotatable bonds is 2. The van der Waals surface area contributed by atoms with Gasteiger partial charge in [-0.3, -0.25) is 0 Å². The molecule has 0 saturated carbocycles. The summed E-state index contributed by atoms with van der Waals surface area (Å²) < 4.78 is 6.29. The van der Waals surface area contributed by atoms with Crippen LogP contribution < -0.4 is 0 Å². The highest BCUT2D eigenvalue weighted by atomic mass is 16.3. The Hall–Kier alpha value is -4.36. The number of benzene rings is 6. The minimum atomic E-state index is 0.969. The minimum Gasteiger partial charge on any atom is -0.456 e. The SMILES string of the molecule is c1ccc2c(-c3ccc4oc5cc6c(cc5c4c3)CC6)c3ccccc3c(-c3ccc4c(c3)CC4)c2c1. The number of furan rings is 1. The maximum atomic E-state index is 6.29. The molecule has 9 rings (SSSR count). The van der Waals surface area contributed by atoms with Crippen molar-refractivity contribution in [1.82, 2.24) is 0 Å². The maximum Gasteiger partial charge on any atom is 0.135 e. The van der Waals surface area contributed by atoms with Crippen LogP contribution in [0.3, 0.4) is 0 Å². The van der Waals surface area contributed by atoms with Crippen LogP contribution in [0.15, 0.2) is 101 Å². The summed E-state index contributed by atoms with van der Waals surface area (Å²) in [6.07, 6.45) is 4.75. The van der Waals surface area contributed by atoms with Gasteiger partial charge in [0, 0.05) is 10.8 Å². The van der Waals surface area contributed by atoms with Crippen LogP contribution in [0.4, 0.5) is 0 Å². The van der Waals surface area contributed by atoms with E-state index in [-0.39, 0.29) is 0 Å². The molecule has 174 valence electrons. The van der Waals surface area contributed by atoms with Gasteiger partial charge in [-0.25, -0.2) is 0 Å². The van der Waals surface area contributed by atoms with Gasteiger partial charge in [-0.2, -0.15) is 0 Å². The van der Waals surface area contributed by atoms with E-state index >= 15 is 0 Å². The van der Waals surface area contributed by atoms with Gasteiger partial charge >= 0.3 is 0 Å². The molecule has 0 atom stereocenters. The van der Waals surface area contributed by atoms with Gasteiger partial charge in [-0.15, -0.1) is 0 Å². The summed E-state index contributed by atoms with van der Waals surface area (Å²) in [7, 11) is 0. The van der Waals surface area contributed by atoms with Crippen molar-refractivity contribution in [2.24, 2.45) is 0 Å². The first-order valence-electron chi connectivity index (χ1n) is 13.4. The summed E-state index contributed by atoms with van der Waals surface area (Å²) in [6, 6.07) is 36.3. The van der Waals surface area contributed by atoms with E-state index < -0.39 is 0 Å². The van der Waals surface area contributed by atoms with Gasteiger partial charge in [0.1, 0.15) is 11.2 Å². The Balaban J connectivity index is 1.37. The normalized spacial score (nSPS) is 14.1. The van der Waals surface area contributed by atoms with Crippen LogP contribution >= 0.6 is 0 Å². The fourth-order valence-electron chi connectivity index (χ4n) is 6.72. The topological polar surface area (TPSA) is 13.1 Å². The van der Waals surface area contributed by atoms with Crippen LogP contribution in [-0.4, -0.2) is 0 Å². The molecule has 0 saturated heterocycles. The van der Waals surface area contributed by atoms with Crippen molar-refractivity contribution in [3.63, 3.8) is 0 Å². The molecule has 0 radical (unpaired) electrons. The summed E-state index contributed by atoms with van der Waals surface area (Å²) >= 11 is 0. The molecule has 0 amide bonds. The van der Waals surface area contributed by atoms with E-state index in [9.17, 15) is 0 Å². The average molecular weight is 473 g/mol. The zero-order valence-corrected chi connectivity index (χ0v) is 20.5. The Morgan fingerprint density at radius 2 is 0.892 bits per heavy atom. The van der Waals surface area contributed by atoms with E-state index in [0.29, 0.717) is 0 Å². The lowest BCUT2D eigenvalue weighted by molar-refractivity contribution is 0.666. The summed E-state index contributed by atoms with van der Waals surface area (Å²) in [5, 5.41) is 7.68. The Bertz CT molecular complexity index is 2030. The van der Waals surface area contributed by atoms with Crippen LogP contribution in [0.2, 0.25) is 0 Å². The van der Waals surface area contributed by atoms with Gasteiger partial charge in [0.25, 0.3) is 0 Å². The fourth-order valence-corrected chi connectivity index (χ4v) is 6.72. The third-order valence-electron chi connectivity index (χ3n) is 8.83. The molecule has 1 heteroatoms. The molecule has 1 aromatic heterocycles. The van der Waals surface area contributed by atoms with E-state index in [1.165, 1.54) is 103 Å². The zero-order chi connectivity index (χ0) is 24.1. The second-order valence-corrected chi connectivity index (χ2v) is 10.8. The van der Waals surface area contributed by atoms with E-state index in [4.69, 9.17) is 4.42 Å². The molecule has 0 bridgehead atoms. The number of hydrogen-bond donors (Lipinski definition) is 0. The third-order valence-corrected chi connectivity index (χ3v) is 8.83. The van der Waals surface area contributed by atoms with Crippen molar-refractivity contribution < 1.29 is 4.42 Å². The first-order chi connectivity index (χ1) is 18.3. The smallest absolute Gasteiger partial charge is 0.135 e. The van der Waals surface area contributed by atoms with E-state index in [1.807, 2.05) is 0 Å². The lowest BCUT2D eigenvalue weighted by atomic mass is 9.82. The lowest BCUT2D eigenvalue weighted by Gasteiger charge is -2.22. The van der Waals surface area contributed by atoms with Crippen LogP contribution in [0.25, 0.3) is 65.7 Å². The van der Waals surface area contributed by atoms with Crippen molar-refractivity contribution in [3.05, 3.63) is 119 Å². The summed E-state index contributed by atoms with van der Waals surface area (Å²) in [4.78, 5) is 0. The molecule has 1 nitrogen and oxygen atoms in total. The first-order valence-corrected chi connectivity index (χ1v) is 13.4. The monoisotopic (exact) mass is 472 g/mol. The molecular formula is C36H24O. The van der Waals surface area contributed by atoms with Crippen LogP contribution in [0, 0.1) is 0 Å². The van der Waals surface area contributed by atoms with Gasteiger partial charge in [0.05, 0.1) is 0 Å². The van der Waals surface area contributed by atoms with E-state index in [2.05, 4.69) is 97.1 Å². The molecule has 6 aromatic carbocycles. The summed E-state index contributed by atoms with van der Waals surface area (Å²) in [6.45, 7) is 0. The van der Waals surface area contributed by atoms with Gasteiger partial charge in [0.2, 0.25) is 0 Å². The number of fused-ring (bicyclic) bond motifs is 7. The largest absolute Gasteiger partial charge is 0.456 e. The number of aryl methyl sites for hydroxylation is 4. The molecule has 0 N–H and O–H groups in total. The molecule has 0 unspecified atom stereocenters. The quantitative estimate of drug-likeness (QED) is 0.228. The second-order valence-electron chi connectivity index (χ2n) is 10.8. The summed E-state index contributed by atoms with van der Waals surface area (Å²) in [5.41, 5.74) is 13.1. The molecular weight excluding hydrogens is 448 g/mol. The Labute approximate surface area is 215 Å². The maximum absolute atomic E-state index is 6.29. The first kappa shape index (κ1) is 19.8. The average Bonchev–Trinajstić information content (AvgIpc) is 3.26. The standard InChI is InChI=1S/C36H24O/c1-3-7-29-27(5-1)35(25-14-10-21-9-11-22(21)17-25)28-6-2-4-8-30(28)36(29)26-15-16-33-31(19-26)32-18-23-12-13-24(23)20-34(32)37-33/h1-8,10,14-20H,9,11-13H2. The molecule has 2 aliphatic rings. The predicted molar refractivity (Wildman–Crippen MR) is 154 cm³/mol. The highest BCUT2D eigenvalue weighted by Crippen LogP contribution is 2.45. The molecule has 1 heterocycles. The number of hydrogen-bond acceptors (Lipinski definition) is 1. The zero-order valence-electron chi connectivity index (χ0n) is 20.5. The van der Waals surface area contributed by atoms with E-state index in [1.54, 1.807) is 0 Å². The predicted octanol–water partition coefficient (Wildman–Crippen LogP) is 9.42. The molecule has 2 aliphatic carbocycles. The highest BCUT2D eigenvalue weighted by Gasteiger charge is 2.21.